The minimum atomic E-state index is -0.769. The summed E-state index contributed by atoms with van der Waals surface area (Å²) < 4.78 is 28.8. The van der Waals surface area contributed by atoms with Crippen molar-refractivity contribution >= 4 is 23.3 Å². The van der Waals surface area contributed by atoms with Gasteiger partial charge in [0.1, 0.15) is 17.5 Å². The van der Waals surface area contributed by atoms with Gasteiger partial charge in [0.15, 0.2) is 0 Å². The van der Waals surface area contributed by atoms with Crippen molar-refractivity contribution in [3.8, 4) is 0 Å². The van der Waals surface area contributed by atoms with E-state index < -0.39 is 17.6 Å². The molecule has 6 nitrogen and oxygen atoms in total. The Hall–Kier alpha value is -2.77. The number of carbonyl (C=O) groups is 2. The Morgan fingerprint density at radius 1 is 1.07 bits per heavy atom. The third-order valence-corrected chi connectivity index (χ3v) is 5.02. The van der Waals surface area contributed by atoms with Crippen molar-refractivity contribution in [1.82, 2.24) is 9.78 Å². The van der Waals surface area contributed by atoms with Crippen LogP contribution in [0.25, 0.3) is 0 Å². The van der Waals surface area contributed by atoms with Crippen LogP contribution in [-0.2, 0) is 20.5 Å². The number of amides is 2. The Morgan fingerprint density at radius 3 is 2.20 bits per heavy atom. The van der Waals surface area contributed by atoms with Crippen LogP contribution in [0.5, 0.6) is 0 Å². The molecule has 0 spiro atoms. The molecule has 1 aliphatic rings. The van der Waals surface area contributed by atoms with Gasteiger partial charge in [0.2, 0.25) is 11.8 Å². The van der Waals surface area contributed by atoms with E-state index in [1.54, 1.807) is 4.68 Å². The van der Waals surface area contributed by atoms with Crippen LogP contribution in [0.15, 0.2) is 24.3 Å². The fraction of sp³-hybridized carbons (Fsp3) is 0.500. The molecule has 2 amide bonds. The fourth-order valence-corrected chi connectivity index (χ4v) is 3.40. The highest BCUT2D eigenvalue weighted by molar-refractivity contribution is 6.03. The monoisotopic (exact) mass is 418 g/mol. The molecular formula is C22H28F2N4O2. The Bertz CT molecular complexity index is 966. The first-order valence-corrected chi connectivity index (χ1v) is 9.94. The van der Waals surface area contributed by atoms with Crippen molar-refractivity contribution < 1.29 is 18.4 Å². The van der Waals surface area contributed by atoms with Crippen LogP contribution in [0.3, 0.4) is 0 Å². The maximum atomic E-state index is 13.5. The zero-order valence-corrected chi connectivity index (χ0v) is 18.2. The molecule has 3 rings (SSSR count). The third kappa shape index (κ3) is 4.52. The van der Waals surface area contributed by atoms with Crippen LogP contribution < -0.4 is 10.2 Å². The zero-order chi connectivity index (χ0) is 22.4. The molecule has 1 atom stereocenters. The number of anilines is 2. The molecule has 0 bridgehead atoms. The highest BCUT2D eigenvalue weighted by atomic mass is 19.1. The van der Waals surface area contributed by atoms with E-state index in [4.69, 9.17) is 0 Å². The highest BCUT2D eigenvalue weighted by Gasteiger charge is 2.36. The summed E-state index contributed by atoms with van der Waals surface area (Å²) in [5, 5.41) is 7.57. The summed E-state index contributed by atoms with van der Waals surface area (Å²) in [7, 11) is 0. The Kier molecular flexibility index (Phi) is 5.47. The normalized spacial score (nSPS) is 17.5. The van der Waals surface area contributed by atoms with E-state index in [-0.39, 0.29) is 41.4 Å². The largest absolute Gasteiger partial charge is 0.311 e. The highest BCUT2D eigenvalue weighted by Crippen LogP contribution is 2.30. The number of hydrogen-bond acceptors (Lipinski definition) is 3. The molecule has 2 aromatic rings. The molecule has 162 valence electrons. The van der Waals surface area contributed by atoms with Gasteiger partial charge in [-0.25, -0.2) is 13.5 Å². The molecule has 8 heteroatoms. The summed E-state index contributed by atoms with van der Waals surface area (Å²) in [6, 6.07) is 4.77. The second-order valence-electron chi connectivity index (χ2n) is 9.77. The minimum absolute atomic E-state index is 0.0280. The number of hydrogen-bond donors (Lipinski definition) is 1. The summed E-state index contributed by atoms with van der Waals surface area (Å²) >= 11 is 0. The summed E-state index contributed by atoms with van der Waals surface area (Å²) in [6.45, 7) is 12.1. The third-order valence-electron chi connectivity index (χ3n) is 5.02. The molecular weight excluding hydrogens is 390 g/mol. The number of nitrogens with zero attached hydrogens (tertiary/aromatic N) is 3. The molecule has 0 saturated carbocycles. The van der Waals surface area contributed by atoms with Crippen molar-refractivity contribution in [2.45, 2.75) is 58.9 Å². The van der Waals surface area contributed by atoms with Gasteiger partial charge < -0.3 is 10.2 Å². The smallest absolute Gasteiger partial charge is 0.230 e. The van der Waals surface area contributed by atoms with Gasteiger partial charge in [-0.3, -0.25) is 9.59 Å². The SMILES string of the molecule is CC(C)(C)c1cc(NC(=O)C2CC(=O)N(c3cc(F)cc(F)c3)C2)n(C(C)(C)C)n1. The molecule has 0 radical (unpaired) electrons. The molecule has 1 aromatic carbocycles. The standard InChI is InChI=1S/C22H28F2N4O2/c1-21(2,3)17-11-18(28(26-17)22(4,5)6)25-20(30)13-7-19(29)27(12-13)16-9-14(23)8-15(24)10-16/h8-11,13H,7,12H2,1-6H3,(H,25,30). The van der Waals surface area contributed by atoms with Gasteiger partial charge in [-0.15, -0.1) is 0 Å². The van der Waals surface area contributed by atoms with Gasteiger partial charge in [0.05, 0.1) is 17.2 Å². The lowest BCUT2D eigenvalue weighted by molar-refractivity contribution is -0.122. The lowest BCUT2D eigenvalue weighted by Gasteiger charge is -2.23. The van der Waals surface area contributed by atoms with Crippen molar-refractivity contribution in [2.24, 2.45) is 5.92 Å². The lowest BCUT2D eigenvalue weighted by atomic mass is 9.92. The summed E-state index contributed by atoms with van der Waals surface area (Å²) in [5.41, 5.74) is 0.398. The number of aromatic nitrogens is 2. The molecule has 1 saturated heterocycles. The first-order valence-electron chi connectivity index (χ1n) is 9.94. The van der Waals surface area contributed by atoms with Crippen LogP contribution >= 0.6 is 0 Å². The van der Waals surface area contributed by atoms with Gasteiger partial charge in [-0.2, -0.15) is 5.10 Å². The molecule has 0 aliphatic carbocycles. The summed E-state index contributed by atoms with van der Waals surface area (Å²) in [4.78, 5) is 26.6. The molecule has 1 fully saturated rings. The number of benzene rings is 1. The molecule has 30 heavy (non-hydrogen) atoms. The molecule has 1 aliphatic heterocycles. The van der Waals surface area contributed by atoms with Crippen LogP contribution in [0.4, 0.5) is 20.3 Å². The topological polar surface area (TPSA) is 67.2 Å². The van der Waals surface area contributed by atoms with E-state index in [0.29, 0.717) is 5.82 Å². The second kappa shape index (κ2) is 7.49. The molecule has 1 unspecified atom stereocenters. The van der Waals surface area contributed by atoms with E-state index in [1.165, 1.54) is 4.90 Å². The van der Waals surface area contributed by atoms with Gasteiger partial charge in [-0.05, 0) is 32.9 Å². The van der Waals surface area contributed by atoms with Crippen molar-refractivity contribution in [3.63, 3.8) is 0 Å². The Balaban J connectivity index is 1.82. The summed E-state index contributed by atoms with van der Waals surface area (Å²) in [5.74, 6) is -2.29. The van der Waals surface area contributed by atoms with Gasteiger partial charge in [-0.1, -0.05) is 20.8 Å². The number of carbonyl (C=O) groups excluding carboxylic acids is 2. The van der Waals surface area contributed by atoms with E-state index >= 15 is 0 Å². The number of halogens is 2. The lowest BCUT2D eigenvalue weighted by Crippen LogP contribution is -2.31. The van der Waals surface area contributed by atoms with Crippen LogP contribution in [-0.4, -0.2) is 28.1 Å². The van der Waals surface area contributed by atoms with Crippen molar-refractivity contribution in [2.75, 3.05) is 16.8 Å². The Morgan fingerprint density at radius 2 is 1.67 bits per heavy atom. The van der Waals surface area contributed by atoms with Crippen LogP contribution in [0.2, 0.25) is 0 Å². The van der Waals surface area contributed by atoms with Gasteiger partial charge in [0.25, 0.3) is 0 Å². The van der Waals surface area contributed by atoms with Crippen molar-refractivity contribution in [1.29, 1.82) is 0 Å². The molecule has 2 heterocycles. The van der Waals surface area contributed by atoms with E-state index in [1.807, 2.05) is 47.6 Å². The first-order chi connectivity index (χ1) is 13.8. The predicted molar refractivity (Wildman–Crippen MR) is 111 cm³/mol. The van der Waals surface area contributed by atoms with E-state index in [2.05, 4.69) is 10.4 Å². The molecule has 1 N–H and O–H groups in total. The summed E-state index contributed by atoms with van der Waals surface area (Å²) in [6.07, 6.45) is -0.0280. The predicted octanol–water partition coefficient (Wildman–Crippen LogP) is 4.21. The number of rotatable bonds is 3. The maximum Gasteiger partial charge on any atom is 0.230 e. The Labute approximate surface area is 175 Å². The first kappa shape index (κ1) is 21.9. The number of nitrogens with one attached hydrogen (secondary N) is 1. The van der Waals surface area contributed by atoms with Crippen LogP contribution in [0, 0.1) is 17.6 Å². The van der Waals surface area contributed by atoms with Gasteiger partial charge >= 0.3 is 0 Å². The zero-order valence-electron chi connectivity index (χ0n) is 18.2. The average Bonchev–Trinajstić information content (AvgIpc) is 3.17. The van der Waals surface area contributed by atoms with E-state index in [9.17, 15) is 18.4 Å². The quantitative estimate of drug-likeness (QED) is 0.812. The second-order valence-corrected chi connectivity index (χ2v) is 9.77. The fourth-order valence-electron chi connectivity index (χ4n) is 3.40. The molecule has 1 aromatic heterocycles. The van der Waals surface area contributed by atoms with Crippen LogP contribution in [0.1, 0.15) is 53.7 Å². The average molecular weight is 418 g/mol. The van der Waals surface area contributed by atoms with E-state index in [0.717, 1.165) is 23.9 Å². The maximum absolute atomic E-state index is 13.5. The van der Waals surface area contributed by atoms with Gasteiger partial charge in [0, 0.05) is 36.2 Å². The minimum Gasteiger partial charge on any atom is -0.311 e. The van der Waals surface area contributed by atoms with Crippen molar-refractivity contribution in [3.05, 3.63) is 41.6 Å².